The highest BCUT2D eigenvalue weighted by atomic mass is 16.2. The molecule has 4 nitrogen and oxygen atoms in total. The van der Waals surface area contributed by atoms with Crippen molar-refractivity contribution in [3.8, 4) is 11.1 Å². The Bertz CT molecular complexity index is 1620. The number of para-hydroxylation sites is 2. The van der Waals surface area contributed by atoms with Gasteiger partial charge in [0.25, 0.3) is 0 Å². The number of amides is 2. The zero-order chi connectivity index (χ0) is 30.1. The monoisotopic (exact) mass is 572 g/mol. The van der Waals surface area contributed by atoms with Gasteiger partial charge in [0, 0.05) is 22.5 Å². The average molecular weight is 573 g/mol. The zero-order valence-electron chi connectivity index (χ0n) is 24.1. The Morgan fingerprint density at radius 2 is 0.591 bits per heavy atom. The van der Waals surface area contributed by atoms with Gasteiger partial charge in [0.1, 0.15) is 0 Å². The van der Waals surface area contributed by atoms with Crippen LogP contribution in [0.25, 0.3) is 11.1 Å². The van der Waals surface area contributed by atoms with Crippen molar-refractivity contribution in [3.05, 3.63) is 192 Å². The smallest absolute Gasteiger partial charge is 0.236 e. The Labute approximate surface area is 258 Å². The molecule has 4 heteroatoms. The Balaban J connectivity index is 1.33. The lowest BCUT2D eigenvalue weighted by Crippen LogP contribution is -2.23. The van der Waals surface area contributed by atoms with Crippen LogP contribution in [0, 0.1) is 0 Å². The van der Waals surface area contributed by atoms with Crippen molar-refractivity contribution in [3.63, 3.8) is 0 Å². The van der Waals surface area contributed by atoms with Crippen LogP contribution in [-0.2, 0) is 9.59 Å². The van der Waals surface area contributed by atoms with E-state index in [9.17, 15) is 9.59 Å². The van der Waals surface area contributed by atoms with Crippen LogP contribution in [0.1, 0.15) is 34.1 Å². The quantitative estimate of drug-likeness (QED) is 0.182. The minimum absolute atomic E-state index is 0.135. The van der Waals surface area contributed by atoms with Crippen LogP contribution < -0.4 is 10.6 Å². The predicted octanol–water partition coefficient (Wildman–Crippen LogP) is 8.89. The molecule has 6 aromatic carbocycles. The second-order valence-electron chi connectivity index (χ2n) is 10.6. The molecule has 0 aromatic heterocycles. The molecule has 2 N–H and O–H groups in total. The molecule has 0 radical (unpaired) electrons. The molecule has 6 aromatic rings. The number of hydrogen-bond donors (Lipinski definition) is 2. The maximum atomic E-state index is 14.0. The third-order valence-corrected chi connectivity index (χ3v) is 7.72. The summed E-state index contributed by atoms with van der Waals surface area (Å²) in [5.41, 5.74) is 6.60. The molecular formula is C40H32N2O2. The number of rotatable bonds is 9. The van der Waals surface area contributed by atoms with Crippen LogP contribution in [0.15, 0.2) is 170 Å². The molecule has 0 fully saturated rings. The predicted molar refractivity (Wildman–Crippen MR) is 179 cm³/mol. The molecule has 0 saturated carbocycles. The summed E-state index contributed by atoms with van der Waals surface area (Å²) in [4.78, 5) is 28.0. The number of benzene rings is 6. The molecule has 0 aliphatic carbocycles. The van der Waals surface area contributed by atoms with Crippen molar-refractivity contribution in [2.24, 2.45) is 0 Å². The topological polar surface area (TPSA) is 58.2 Å². The molecule has 0 aliphatic heterocycles. The molecular weight excluding hydrogens is 540 g/mol. The normalized spacial score (nSPS) is 10.9. The second kappa shape index (κ2) is 13.5. The highest BCUT2D eigenvalue weighted by Gasteiger charge is 2.26. The van der Waals surface area contributed by atoms with Crippen LogP contribution in [0.5, 0.6) is 0 Å². The van der Waals surface area contributed by atoms with Crippen molar-refractivity contribution in [2.45, 2.75) is 11.8 Å². The summed E-state index contributed by atoms with van der Waals surface area (Å²) < 4.78 is 0. The summed E-state index contributed by atoms with van der Waals surface area (Å²) in [6.45, 7) is 0. The summed E-state index contributed by atoms with van der Waals surface area (Å²) in [5.74, 6) is -1.25. The van der Waals surface area contributed by atoms with Gasteiger partial charge in [-0.3, -0.25) is 9.59 Å². The van der Waals surface area contributed by atoms with Gasteiger partial charge in [-0.1, -0.05) is 158 Å². The van der Waals surface area contributed by atoms with Gasteiger partial charge in [-0.2, -0.15) is 0 Å². The summed E-state index contributed by atoms with van der Waals surface area (Å²) >= 11 is 0. The number of carbonyl (C=O) groups is 2. The second-order valence-corrected chi connectivity index (χ2v) is 10.6. The molecule has 0 heterocycles. The molecule has 6 rings (SSSR count). The summed E-state index contributed by atoms with van der Waals surface area (Å²) in [6, 6.07) is 54.6. The van der Waals surface area contributed by atoms with Gasteiger partial charge in [0.2, 0.25) is 11.8 Å². The first-order valence-corrected chi connectivity index (χ1v) is 14.7. The van der Waals surface area contributed by atoms with Crippen LogP contribution >= 0.6 is 0 Å². The number of carbonyl (C=O) groups excluding carboxylic acids is 2. The van der Waals surface area contributed by atoms with Crippen LogP contribution in [0.4, 0.5) is 11.4 Å². The molecule has 44 heavy (non-hydrogen) atoms. The van der Waals surface area contributed by atoms with Crippen molar-refractivity contribution in [2.75, 3.05) is 10.6 Å². The van der Waals surface area contributed by atoms with E-state index in [2.05, 4.69) is 10.6 Å². The first-order valence-electron chi connectivity index (χ1n) is 14.7. The van der Waals surface area contributed by atoms with Crippen molar-refractivity contribution >= 4 is 23.2 Å². The maximum Gasteiger partial charge on any atom is 0.236 e. The molecule has 2 amide bonds. The first kappa shape index (κ1) is 28.4. The molecule has 0 atom stereocenters. The fourth-order valence-corrected chi connectivity index (χ4v) is 5.64. The van der Waals surface area contributed by atoms with Crippen LogP contribution in [0.2, 0.25) is 0 Å². The van der Waals surface area contributed by atoms with Gasteiger partial charge >= 0.3 is 0 Å². The molecule has 0 spiro atoms. The van der Waals surface area contributed by atoms with Gasteiger partial charge < -0.3 is 10.6 Å². The maximum absolute atomic E-state index is 14.0. The Kier molecular flexibility index (Phi) is 8.70. The lowest BCUT2D eigenvalue weighted by Gasteiger charge is -2.21. The molecule has 0 unspecified atom stereocenters. The van der Waals surface area contributed by atoms with Crippen molar-refractivity contribution in [1.29, 1.82) is 0 Å². The Hall–Kier alpha value is -5.74. The van der Waals surface area contributed by atoms with E-state index in [1.165, 1.54) is 0 Å². The molecule has 214 valence electrons. The van der Waals surface area contributed by atoms with Crippen LogP contribution in [-0.4, -0.2) is 11.8 Å². The molecule has 0 bridgehead atoms. The van der Waals surface area contributed by atoms with E-state index in [0.29, 0.717) is 11.4 Å². The van der Waals surface area contributed by atoms with Gasteiger partial charge in [-0.05, 0) is 34.4 Å². The third-order valence-electron chi connectivity index (χ3n) is 7.72. The summed E-state index contributed by atoms with van der Waals surface area (Å²) in [7, 11) is 0. The lowest BCUT2D eigenvalue weighted by atomic mass is 9.90. The zero-order valence-corrected chi connectivity index (χ0v) is 24.1. The van der Waals surface area contributed by atoms with E-state index in [1.54, 1.807) is 0 Å². The largest absolute Gasteiger partial charge is 0.325 e. The SMILES string of the molecule is O=C(Nc1ccccc1-c1ccccc1NC(=O)C(c1ccccc1)c1ccccc1)C(c1ccccc1)c1ccccc1. The fraction of sp³-hybridized carbons (Fsp3) is 0.0500. The highest BCUT2D eigenvalue weighted by molar-refractivity contribution is 6.05. The average Bonchev–Trinajstić information content (AvgIpc) is 3.08. The highest BCUT2D eigenvalue weighted by Crippen LogP contribution is 2.36. The fourth-order valence-electron chi connectivity index (χ4n) is 5.64. The van der Waals surface area contributed by atoms with E-state index in [1.807, 2.05) is 170 Å². The van der Waals surface area contributed by atoms with Crippen molar-refractivity contribution in [1.82, 2.24) is 0 Å². The van der Waals surface area contributed by atoms with Crippen molar-refractivity contribution < 1.29 is 9.59 Å². The Morgan fingerprint density at radius 1 is 0.341 bits per heavy atom. The molecule has 0 aliphatic rings. The number of nitrogens with one attached hydrogen (secondary N) is 2. The summed E-state index contributed by atoms with van der Waals surface area (Å²) in [5, 5.41) is 6.42. The Morgan fingerprint density at radius 3 is 0.886 bits per heavy atom. The number of hydrogen-bond acceptors (Lipinski definition) is 2. The first-order chi connectivity index (χ1) is 21.7. The van der Waals surface area contributed by atoms with Gasteiger partial charge in [-0.25, -0.2) is 0 Å². The van der Waals surface area contributed by atoms with Gasteiger partial charge in [-0.15, -0.1) is 0 Å². The third kappa shape index (κ3) is 6.35. The summed E-state index contributed by atoms with van der Waals surface area (Å²) in [6.07, 6.45) is 0. The standard InChI is InChI=1S/C40H32N2O2/c43-39(37(29-17-5-1-6-18-29)30-19-7-2-8-20-30)41-35-27-15-13-25-33(35)34-26-14-16-28-36(34)42-40(44)38(31-21-9-3-10-22-31)32-23-11-4-12-24-32/h1-28,37-38H,(H,41,43)(H,42,44). The van der Waals surface area contributed by atoms with E-state index >= 15 is 0 Å². The van der Waals surface area contributed by atoms with E-state index in [-0.39, 0.29) is 11.8 Å². The van der Waals surface area contributed by atoms with Crippen LogP contribution in [0.3, 0.4) is 0 Å². The minimum atomic E-state index is -0.488. The lowest BCUT2D eigenvalue weighted by molar-refractivity contribution is -0.117. The van der Waals surface area contributed by atoms with Gasteiger partial charge in [0.05, 0.1) is 11.8 Å². The van der Waals surface area contributed by atoms with E-state index < -0.39 is 11.8 Å². The van der Waals surface area contributed by atoms with E-state index in [0.717, 1.165) is 33.4 Å². The minimum Gasteiger partial charge on any atom is -0.325 e. The molecule has 0 saturated heterocycles. The van der Waals surface area contributed by atoms with E-state index in [4.69, 9.17) is 0 Å². The van der Waals surface area contributed by atoms with Gasteiger partial charge in [0.15, 0.2) is 0 Å². The number of anilines is 2.